The van der Waals surface area contributed by atoms with Crippen molar-refractivity contribution in [3.05, 3.63) is 77.5 Å². The number of benzene rings is 2. The van der Waals surface area contributed by atoms with Crippen molar-refractivity contribution in [3.8, 4) is 11.3 Å². The highest BCUT2D eigenvalue weighted by Crippen LogP contribution is 2.47. The van der Waals surface area contributed by atoms with Gasteiger partial charge in [-0.15, -0.1) is 0 Å². The van der Waals surface area contributed by atoms with Crippen molar-refractivity contribution in [1.29, 1.82) is 0 Å². The number of hydrogen-bond acceptors (Lipinski definition) is 4. The molecule has 1 N–H and O–H groups in total. The summed E-state index contributed by atoms with van der Waals surface area (Å²) in [7, 11) is 0. The van der Waals surface area contributed by atoms with Gasteiger partial charge in [0.05, 0.1) is 5.69 Å². The third-order valence-corrected chi connectivity index (χ3v) is 7.96. The first kappa shape index (κ1) is 19.9. The molecule has 0 unspecified atom stereocenters. The molecule has 2 fully saturated rings. The number of nitrogens with one attached hydrogen (secondary N) is 1. The van der Waals surface area contributed by atoms with E-state index in [1.165, 1.54) is 60.1 Å². The van der Waals surface area contributed by atoms with Crippen LogP contribution in [-0.2, 0) is 18.3 Å². The molecule has 4 heteroatoms. The van der Waals surface area contributed by atoms with Gasteiger partial charge in [0.2, 0.25) is 5.95 Å². The van der Waals surface area contributed by atoms with E-state index in [-0.39, 0.29) is 5.41 Å². The molecule has 2 aliphatic heterocycles. The summed E-state index contributed by atoms with van der Waals surface area (Å²) in [6.07, 6.45) is 9.20. The van der Waals surface area contributed by atoms with Crippen molar-refractivity contribution < 1.29 is 0 Å². The van der Waals surface area contributed by atoms with Crippen LogP contribution in [0.1, 0.15) is 42.4 Å². The van der Waals surface area contributed by atoms with Crippen LogP contribution in [0, 0.1) is 5.92 Å². The zero-order chi connectivity index (χ0) is 21.4. The molecule has 3 aromatic rings. The first-order valence-electron chi connectivity index (χ1n) is 12.3. The third kappa shape index (κ3) is 3.61. The van der Waals surface area contributed by atoms with Crippen LogP contribution in [0.15, 0.2) is 60.8 Å². The molecule has 0 atom stereocenters. The lowest BCUT2D eigenvalue weighted by molar-refractivity contribution is 0.302. The molecule has 1 spiro atoms. The van der Waals surface area contributed by atoms with Gasteiger partial charge in [0.1, 0.15) is 0 Å². The summed E-state index contributed by atoms with van der Waals surface area (Å²) in [5.41, 5.74) is 7.03. The van der Waals surface area contributed by atoms with Crippen molar-refractivity contribution in [2.75, 3.05) is 31.1 Å². The monoisotopic (exact) mass is 424 g/mol. The lowest BCUT2D eigenvalue weighted by Crippen LogP contribution is -2.43. The summed E-state index contributed by atoms with van der Waals surface area (Å²) in [5.74, 6) is 1.67. The highest BCUT2D eigenvalue weighted by atomic mass is 15.3. The van der Waals surface area contributed by atoms with E-state index in [0.717, 1.165) is 44.5 Å². The molecule has 3 aliphatic rings. The van der Waals surface area contributed by atoms with Crippen LogP contribution < -0.4 is 10.2 Å². The van der Waals surface area contributed by atoms with Gasteiger partial charge in [-0.2, -0.15) is 0 Å². The van der Waals surface area contributed by atoms with Crippen LogP contribution in [0.4, 0.5) is 5.95 Å². The normalized spacial score (nSPS) is 20.1. The molecule has 6 rings (SSSR count). The minimum absolute atomic E-state index is 0.246. The molecule has 164 valence electrons. The number of aromatic nitrogens is 2. The molecular formula is C28H32N4. The summed E-state index contributed by atoms with van der Waals surface area (Å²) in [6.45, 7) is 4.29. The smallest absolute Gasteiger partial charge is 0.225 e. The van der Waals surface area contributed by atoms with E-state index >= 15 is 0 Å². The SMILES string of the molecule is c1ccc(CC2CCN(c3ncc4c(n3)-c3ccccc3C3(CCNCC3)C4)CC2)cc1. The molecule has 4 nitrogen and oxygen atoms in total. The molecule has 2 saturated heterocycles. The van der Waals surface area contributed by atoms with Gasteiger partial charge >= 0.3 is 0 Å². The van der Waals surface area contributed by atoms with Crippen LogP contribution in [0.25, 0.3) is 11.3 Å². The highest BCUT2D eigenvalue weighted by Gasteiger charge is 2.40. The summed E-state index contributed by atoms with van der Waals surface area (Å²) >= 11 is 0. The van der Waals surface area contributed by atoms with E-state index in [9.17, 15) is 0 Å². The second kappa shape index (κ2) is 8.32. The molecule has 3 heterocycles. The lowest BCUT2D eigenvalue weighted by atomic mass is 9.64. The van der Waals surface area contributed by atoms with E-state index in [1.807, 2.05) is 0 Å². The molecule has 0 amide bonds. The summed E-state index contributed by atoms with van der Waals surface area (Å²) in [4.78, 5) is 12.4. The van der Waals surface area contributed by atoms with E-state index in [1.54, 1.807) is 0 Å². The molecule has 1 aliphatic carbocycles. The standard InChI is InChI=1S/C28H32N4/c1-2-6-21(7-3-1)18-22-10-16-32(17-11-22)27-30-20-23-19-28(12-14-29-15-13-28)25-9-5-4-8-24(25)26(23)31-27/h1-9,20,22,29H,10-19H2. The molecule has 2 aromatic carbocycles. The Labute approximate surface area is 191 Å². The van der Waals surface area contributed by atoms with Crippen molar-refractivity contribution in [3.63, 3.8) is 0 Å². The van der Waals surface area contributed by atoms with Gasteiger partial charge in [0.15, 0.2) is 0 Å². The van der Waals surface area contributed by atoms with E-state index < -0.39 is 0 Å². The Hall–Kier alpha value is -2.72. The van der Waals surface area contributed by atoms with Gasteiger partial charge in [0.25, 0.3) is 0 Å². The number of rotatable bonds is 3. The third-order valence-electron chi connectivity index (χ3n) is 7.96. The van der Waals surface area contributed by atoms with E-state index in [2.05, 4.69) is 71.0 Å². The van der Waals surface area contributed by atoms with Gasteiger partial charge in [-0.3, -0.25) is 0 Å². The zero-order valence-electron chi connectivity index (χ0n) is 18.8. The average molecular weight is 425 g/mol. The second-order valence-electron chi connectivity index (χ2n) is 9.92. The zero-order valence-corrected chi connectivity index (χ0v) is 18.8. The Bertz CT molecular complexity index is 1080. The fourth-order valence-electron chi connectivity index (χ4n) is 6.16. The molecule has 32 heavy (non-hydrogen) atoms. The second-order valence-corrected chi connectivity index (χ2v) is 9.92. The molecule has 0 saturated carbocycles. The van der Waals surface area contributed by atoms with Crippen molar-refractivity contribution in [2.45, 2.75) is 43.9 Å². The fourth-order valence-corrected chi connectivity index (χ4v) is 6.16. The van der Waals surface area contributed by atoms with Crippen molar-refractivity contribution in [1.82, 2.24) is 15.3 Å². The van der Waals surface area contributed by atoms with Gasteiger partial charge in [-0.05, 0) is 74.2 Å². The molecular weight excluding hydrogens is 392 g/mol. The predicted octanol–water partition coefficient (Wildman–Crippen LogP) is 4.78. The Balaban J connectivity index is 1.23. The van der Waals surface area contributed by atoms with Crippen LogP contribution in [-0.4, -0.2) is 36.1 Å². The topological polar surface area (TPSA) is 41.1 Å². The number of hydrogen-bond donors (Lipinski definition) is 1. The maximum Gasteiger partial charge on any atom is 0.225 e. The summed E-state index contributed by atoms with van der Waals surface area (Å²) in [6, 6.07) is 19.9. The number of fused-ring (bicyclic) bond motifs is 4. The number of anilines is 1. The van der Waals surface area contributed by atoms with Crippen molar-refractivity contribution in [2.24, 2.45) is 5.92 Å². The van der Waals surface area contributed by atoms with Crippen LogP contribution in [0.3, 0.4) is 0 Å². The van der Waals surface area contributed by atoms with Gasteiger partial charge in [0, 0.05) is 30.3 Å². The van der Waals surface area contributed by atoms with Gasteiger partial charge in [-0.1, -0.05) is 54.6 Å². The average Bonchev–Trinajstić information content (AvgIpc) is 2.86. The summed E-state index contributed by atoms with van der Waals surface area (Å²) < 4.78 is 0. The largest absolute Gasteiger partial charge is 0.341 e. The van der Waals surface area contributed by atoms with Crippen LogP contribution in [0.5, 0.6) is 0 Å². The van der Waals surface area contributed by atoms with E-state index in [0.29, 0.717) is 0 Å². The summed E-state index contributed by atoms with van der Waals surface area (Å²) in [5, 5.41) is 3.54. The Morgan fingerprint density at radius 1 is 0.938 bits per heavy atom. The maximum atomic E-state index is 5.16. The quantitative estimate of drug-likeness (QED) is 0.657. The first-order valence-corrected chi connectivity index (χ1v) is 12.3. The number of piperidine rings is 2. The molecule has 0 bridgehead atoms. The van der Waals surface area contributed by atoms with Crippen LogP contribution >= 0.6 is 0 Å². The van der Waals surface area contributed by atoms with Gasteiger partial charge < -0.3 is 10.2 Å². The lowest BCUT2D eigenvalue weighted by Gasteiger charge is -2.43. The minimum atomic E-state index is 0.246. The van der Waals surface area contributed by atoms with Gasteiger partial charge in [-0.25, -0.2) is 9.97 Å². The van der Waals surface area contributed by atoms with Crippen LogP contribution in [0.2, 0.25) is 0 Å². The Morgan fingerprint density at radius 2 is 1.69 bits per heavy atom. The van der Waals surface area contributed by atoms with Crippen molar-refractivity contribution >= 4 is 5.95 Å². The fraction of sp³-hybridized carbons (Fsp3) is 0.429. The van der Waals surface area contributed by atoms with E-state index in [4.69, 9.17) is 9.97 Å². The predicted molar refractivity (Wildman–Crippen MR) is 130 cm³/mol. The Kier molecular flexibility index (Phi) is 5.18. The highest BCUT2D eigenvalue weighted by molar-refractivity contribution is 5.72. The minimum Gasteiger partial charge on any atom is -0.341 e. The Morgan fingerprint density at radius 3 is 2.50 bits per heavy atom. The number of nitrogens with zero attached hydrogens (tertiary/aromatic N) is 3. The molecule has 1 aromatic heterocycles. The first-order chi connectivity index (χ1) is 15.8. The molecule has 0 radical (unpaired) electrons. The maximum absolute atomic E-state index is 5.16.